The number of carbonyl (C=O) groups is 2. The number of ether oxygens (including phenoxy) is 1. The maximum Gasteiger partial charge on any atom is 0.307 e. The van der Waals surface area contributed by atoms with Gasteiger partial charge in [0.05, 0.1) is 12.3 Å². The zero-order valence-corrected chi connectivity index (χ0v) is 14.5. The van der Waals surface area contributed by atoms with Crippen molar-refractivity contribution in [2.45, 2.75) is 51.7 Å². The van der Waals surface area contributed by atoms with Crippen LogP contribution in [0.3, 0.4) is 0 Å². The summed E-state index contributed by atoms with van der Waals surface area (Å²) in [5, 5.41) is 9.03. The van der Waals surface area contributed by atoms with Crippen LogP contribution in [-0.4, -0.2) is 72.2 Å². The summed E-state index contributed by atoms with van der Waals surface area (Å²) >= 11 is 0. The van der Waals surface area contributed by atoms with E-state index in [1.165, 1.54) is 0 Å². The SMILES string of the molecule is CN(C)[C@@H](CC(=O)OC(C)(C)C)CN1CCC(C(=O)O)CC1. The van der Waals surface area contributed by atoms with Crippen molar-refractivity contribution in [2.24, 2.45) is 5.92 Å². The van der Waals surface area contributed by atoms with E-state index in [4.69, 9.17) is 9.84 Å². The Labute approximate surface area is 133 Å². The standard InChI is InChI=1S/C16H30N2O4/c1-16(2,3)22-14(19)10-13(17(4)5)11-18-8-6-12(7-9-18)15(20)21/h12-13H,6-11H2,1-5H3,(H,20,21)/t13-/m0/s1. The monoisotopic (exact) mass is 314 g/mol. The summed E-state index contributed by atoms with van der Waals surface area (Å²) in [7, 11) is 3.91. The highest BCUT2D eigenvalue weighted by molar-refractivity contribution is 5.71. The molecule has 22 heavy (non-hydrogen) atoms. The van der Waals surface area contributed by atoms with Gasteiger partial charge in [-0.1, -0.05) is 0 Å². The topological polar surface area (TPSA) is 70.1 Å². The summed E-state index contributed by atoms with van der Waals surface area (Å²) in [6.07, 6.45) is 1.72. The maximum atomic E-state index is 12.0. The zero-order valence-electron chi connectivity index (χ0n) is 14.5. The molecular formula is C16H30N2O4. The van der Waals surface area contributed by atoms with Gasteiger partial charge in [-0.15, -0.1) is 0 Å². The molecule has 6 nitrogen and oxygen atoms in total. The number of rotatable bonds is 6. The molecule has 0 saturated carbocycles. The molecule has 0 unspecified atom stereocenters. The molecule has 0 aromatic carbocycles. The first-order chi connectivity index (χ1) is 10.1. The van der Waals surface area contributed by atoms with Crippen LogP contribution in [0.5, 0.6) is 0 Å². The number of likely N-dealkylation sites (tertiary alicyclic amines) is 1. The van der Waals surface area contributed by atoms with E-state index in [0.29, 0.717) is 19.3 Å². The molecule has 1 fully saturated rings. The van der Waals surface area contributed by atoms with Gasteiger partial charge in [-0.25, -0.2) is 0 Å². The first kappa shape index (κ1) is 18.9. The lowest BCUT2D eigenvalue weighted by atomic mass is 9.96. The zero-order chi connectivity index (χ0) is 16.9. The fourth-order valence-electron chi connectivity index (χ4n) is 2.65. The summed E-state index contributed by atoms with van der Waals surface area (Å²) in [6.45, 7) is 7.91. The van der Waals surface area contributed by atoms with E-state index in [1.807, 2.05) is 39.8 Å². The van der Waals surface area contributed by atoms with Gasteiger partial charge >= 0.3 is 11.9 Å². The summed E-state index contributed by atoms with van der Waals surface area (Å²) in [6, 6.07) is 0.0798. The van der Waals surface area contributed by atoms with E-state index in [-0.39, 0.29) is 17.9 Å². The van der Waals surface area contributed by atoms with Crippen LogP contribution in [0.2, 0.25) is 0 Å². The van der Waals surface area contributed by atoms with Gasteiger partial charge < -0.3 is 19.6 Å². The van der Waals surface area contributed by atoms with E-state index in [9.17, 15) is 9.59 Å². The molecule has 0 radical (unpaired) electrons. The molecule has 1 aliphatic heterocycles. The molecule has 6 heteroatoms. The number of carboxylic acids is 1. The number of aliphatic carboxylic acids is 1. The van der Waals surface area contributed by atoms with Crippen molar-refractivity contribution in [2.75, 3.05) is 33.7 Å². The van der Waals surface area contributed by atoms with Gasteiger partial charge in [0, 0.05) is 12.6 Å². The largest absolute Gasteiger partial charge is 0.481 e. The number of piperidine rings is 1. The minimum absolute atomic E-state index is 0.0798. The van der Waals surface area contributed by atoms with Gasteiger partial charge in [0.15, 0.2) is 0 Å². The predicted octanol–water partition coefficient (Wildman–Crippen LogP) is 1.45. The Morgan fingerprint density at radius 2 is 1.82 bits per heavy atom. The Balaban J connectivity index is 2.48. The molecule has 1 N–H and O–H groups in total. The van der Waals surface area contributed by atoms with E-state index >= 15 is 0 Å². The van der Waals surface area contributed by atoms with Gasteiger partial charge in [0.25, 0.3) is 0 Å². The van der Waals surface area contributed by atoms with Crippen molar-refractivity contribution < 1.29 is 19.4 Å². The molecular weight excluding hydrogens is 284 g/mol. The lowest BCUT2D eigenvalue weighted by Crippen LogP contribution is -2.46. The normalized spacial score (nSPS) is 19.2. The minimum Gasteiger partial charge on any atom is -0.481 e. The van der Waals surface area contributed by atoms with E-state index in [1.54, 1.807) is 0 Å². The van der Waals surface area contributed by atoms with Gasteiger partial charge in [-0.3, -0.25) is 9.59 Å². The Kier molecular flexibility index (Phi) is 6.81. The van der Waals surface area contributed by atoms with Crippen LogP contribution in [0, 0.1) is 5.92 Å². The molecule has 1 atom stereocenters. The quantitative estimate of drug-likeness (QED) is 0.748. The summed E-state index contributed by atoms with van der Waals surface area (Å²) < 4.78 is 5.39. The molecule has 128 valence electrons. The average Bonchev–Trinajstić information content (AvgIpc) is 2.36. The first-order valence-corrected chi connectivity index (χ1v) is 7.92. The third kappa shape index (κ3) is 6.75. The Morgan fingerprint density at radius 3 is 2.23 bits per heavy atom. The number of esters is 1. The first-order valence-electron chi connectivity index (χ1n) is 7.92. The van der Waals surface area contributed by atoms with Gasteiger partial charge in [-0.2, -0.15) is 0 Å². The van der Waals surface area contributed by atoms with Gasteiger partial charge in [0.2, 0.25) is 0 Å². The summed E-state index contributed by atoms with van der Waals surface area (Å²) in [5.74, 6) is -1.11. The van der Waals surface area contributed by atoms with Crippen LogP contribution < -0.4 is 0 Å². The molecule has 0 bridgehead atoms. The Hall–Kier alpha value is -1.14. The molecule has 1 saturated heterocycles. The number of nitrogens with zero attached hydrogens (tertiary/aromatic N) is 2. The minimum atomic E-state index is -0.697. The molecule has 1 heterocycles. The highest BCUT2D eigenvalue weighted by atomic mass is 16.6. The van der Waals surface area contributed by atoms with E-state index in [2.05, 4.69) is 4.90 Å². The van der Waals surface area contributed by atoms with Crippen molar-refractivity contribution in [1.82, 2.24) is 9.80 Å². The maximum absolute atomic E-state index is 12.0. The van der Waals surface area contributed by atoms with Crippen molar-refractivity contribution in [3.63, 3.8) is 0 Å². The molecule has 1 aliphatic rings. The van der Waals surface area contributed by atoms with Crippen LogP contribution in [0.4, 0.5) is 0 Å². The smallest absolute Gasteiger partial charge is 0.307 e. The van der Waals surface area contributed by atoms with Crippen molar-refractivity contribution in [3.05, 3.63) is 0 Å². The Bertz CT molecular complexity index is 382. The van der Waals surface area contributed by atoms with Crippen molar-refractivity contribution in [1.29, 1.82) is 0 Å². The van der Waals surface area contributed by atoms with Gasteiger partial charge in [0.1, 0.15) is 5.60 Å². The number of hydrogen-bond acceptors (Lipinski definition) is 5. The van der Waals surface area contributed by atoms with Crippen LogP contribution in [0.1, 0.15) is 40.0 Å². The lowest BCUT2D eigenvalue weighted by Gasteiger charge is -2.35. The highest BCUT2D eigenvalue weighted by Gasteiger charge is 2.28. The van der Waals surface area contributed by atoms with Crippen LogP contribution in [0.25, 0.3) is 0 Å². The fourth-order valence-corrected chi connectivity index (χ4v) is 2.65. The highest BCUT2D eigenvalue weighted by Crippen LogP contribution is 2.19. The van der Waals surface area contributed by atoms with E-state index in [0.717, 1.165) is 19.6 Å². The number of hydrogen-bond donors (Lipinski definition) is 1. The second-order valence-corrected chi connectivity index (χ2v) is 7.32. The van der Waals surface area contributed by atoms with Crippen LogP contribution >= 0.6 is 0 Å². The predicted molar refractivity (Wildman–Crippen MR) is 84.7 cm³/mol. The molecule has 0 aromatic rings. The van der Waals surface area contributed by atoms with E-state index < -0.39 is 11.6 Å². The van der Waals surface area contributed by atoms with Crippen LogP contribution in [0.15, 0.2) is 0 Å². The van der Waals surface area contributed by atoms with Crippen molar-refractivity contribution in [3.8, 4) is 0 Å². The third-order valence-electron chi connectivity index (χ3n) is 3.96. The molecule has 1 rings (SSSR count). The molecule has 0 aromatic heterocycles. The number of likely N-dealkylation sites (N-methyl/N-ethyl adjacent to an activating group) is 1. The number of carboxylic acid groups (broad SMARTS) is 1. The number of carbonyl (C=O) groups excluding carboxylic acids is 1. The fraction of sp³-hybridized carbons (Fsp3) is 0.875. The second kappa shape index (κ2) is 7.92. The lowest BCUT2D eigenvalue weighted by molar-refractivity contribution is -0.156. The summed E-state index contributed by atoms with van der Waals surface area (Å²) in [4.78, 5) is 27.3. The molecule has 0 amide bonds. The van der Waals surface area contributed by atoms with Crippen LogP contribution in [-0.2, 0) is 14.3 Å². The summed E-state index contributed by atoms with van der Waals surface area (Å²) in [5.41, 5.74) is -0.465. The molecule has 0 spiro atoms. The van der Waals surface area contributed by atoms with Crippen molar-refractivity contribution >= 4 is 11.9 Å². The average molecular weight is 314 g/mol. The van der Waals surface area contributed by atoms with Gasteiger partial charge in [-0.05, 0) is 60.8 Å². The third-order valence-corrected chi connectivity index (χ3v) is 3.96. The molecule has 0 aliphatic carbocycles. The second-order valence-electron chi connectivity index (χ2n) is 7.32. The Morgan fingerprint density at radius 1 is 1.27 bits per heavy atom.